The zero-order chi connectivity index (χ0) is 20.5. The van der Waals surface area contributed by atoms with E-state index in [1.807, 2.05) is 30.0 Å². The van der Waals surface area contributed by atoms with Crippen LogP contribution in [0.15, 0.2) is 34.9 Å². The third-order valence-electron chi connectivity index (χ3n) is 5.28. The monoisotopic (exact) mass is 400 g/mol. The van der Waals surface area contributed by atoms with Crippen LogP contribution in [0.2, 0.25) is 0 Å². The van der Waals surface area contributed by atoms with Gasteiger partial charge in [-0.25, -0.2) is 0 Å². The number of carbonyl (C=O) groups is 1. The Balaban J connectivity index is 1.58. The average molecular weight is 401 g/mol. The van der Waals surface area contributed by atoms with Crippen molar-refractivity contribution >= 4 is 5.91 Å². The molecule has 1 unspecified atom stereocenters. The Morgan fingerprint density at radius 1 is 1.24 bits per heavy atom. The van der Waals surface area contributed by atoms with E-state index in [1.54, 1.807) is 0 Å². The third kappa shape index (κ3) is 6.65. The van der Waals surface area contributed by atoms with Crippen LogP contribution in [0.1, 0.15) is 44.0 Å². The van der Waals surface area contributed by atoms with E-state index in [4.69, 9.17) is 9.26 Å². The molecule has 0 radical (unpaired) electrons. The number of hydrogen-bond acceptors (Lipinski definition) is 6. The SMILES string of the molecule is CCc1noc(CCCC(=O)N(Cc2ccccc2)C(C)CN2CCOCC2)n1. The number of benzene rings is 1. The van der Waals surface area contributed by atoms with Gasteiger partial charge in [0, 0.05) is 51.5 Å². The summed E-state index contributed by atoms with van der Waals surface area (Å²) in [6, 6.07) is 10.3. The van der Waals surface area contributed by atoms with Gasteiger partial charge in [0.15, 0.2) is 5.82 Å². The molecule has 29 heavy (non-hydrogen) atoms. The van der Waals surface area contributed by atoms with Gasteiger partial charge in [0.2, 0.25) is 11.8 Å². The van der Waals surface area contributed by atoms with E-state index in [9.17, 15) is 4.79 Å². The zero-order valence-corrected chi connectivity index (χ0v) is 17.5. The van der Waals surface area contributed by atoms with Crippen LogP contribution in [0.4, 0.5) is 0 Å². The van der Waals surface area contributed by atoms with Gasteiger partial charge in [0.05, 0.1) is 13.2 Å². The van der Waals surface area contributed by atoms with E-state index >= 15 is 0 Å². The number of rotatable bonds is 10. The fourth-order valence-electron chi connectivity index (χ4n) is 3.60. The number of aryl methyl sites for hydroxylation is 2. The predicted molar refractivity (Wildman–Crippen MR) is 110 cm³/mol. The first-order chi connectivity index (χ1) is 14.2. The van der Waals surface area contributed by atoms with E-state index < -0.39 is 0 Å². The number of aromatic nitrogens is 2. The Hall–Kier alpha value is -2.25. The molecule has 1 aliphatic heterocycles. The second-order valence-electron chi connectivity index (χ2n) is 7.58. The summed E-state index contributed by atoms with van der Waals surface area (Å²) in [7, 11) is 0. The molecule has 0 aliphatic carbocycles. The van der Waals surface area contributed by atoms with Crippen molar-refractivity contribution in [1.82, 2.24) is 19.9 Å². The summed E-state index contributed by atoms with van der Waals surface area (Å²) in [5.74, 6) is 1.51. The van der Waals surface area contributed by atoms with Gasteiger partial charge in [-0.1, -0.05) is 42.4 Å². The maximum Gasteiger partial charge on any atom is 0.226 e. The molecular formula is C22H32N4O3. The van der Waals surface area contributed by atoms with Crippen molar-refractivity contribution in [2.24, 2.45) is 0 Å². The second-order valence-corrected chi connectivity index (χ2v) is 7.58. The number of amides is 1. The van der Waals surface area contributed by atoms with Crippen LogP contribution in [0.25, 0.3) is 0 Å². The Kier molecular flexibility index (Phi) is 8.19. The van der Waals surface area contributed by atoms with Gasteiger partial charge in [-0.3, -0.25) is 9.69 Å². The van der Waals surface area contributed by atoms with Gasteiger partial charge in [-0.05, 0) is 18.9 Å². The van der Waals surface area contributed by atoms with Crippen molar-refractivity contribution in [1.29, 1.82) is 0 Å². The molecule has 1 amide bonds. The van der Waals surface area contributed by atoms with Gasteiger partial charge < -0.3 is 14.2 Å². The lowest BCUT2D eigenvalue weighted by atomic mass is 10.1. The molecule has 7 nitrogen and oxygen atoms in total. The number of carbonyl (C=O) groups excluding carboxylic acids is 1. The minimum Gasteiger partial charge on any atom is -0.379 e. The first-order valence-electron chi connectivity index (χ1n) is 10.6. The fraction of sp³-hybridized carbons (Fsp3) is 0.591. The molecule has 0 spiro atoms. The van der Waals surface area contributed by atoms with Crippen LogP contribution in [0.5, 0.6) is 0 Å². The lowest BCUT2D eigenvalue weighted by Gasteiger charge is -2.35. The highest BCUT2D eigenvalue weighted by atomic mass is 16.5. The first-order valence-corrected chi connectivity index (χ1v) is 10.6. The second kappa shape index (κ2) is 11.1. The van der Waals surface area contributed by atoms with Gasteiger partial charge >= 0.3 is 0 Å². The molecule has 0 N–H and O–H groups in total. The Morgan fingerprint density at radius 3 is 2.69 bits per heavy atom. The molecular weight excluding hydrogens is 368 g/mol. The quantitative estimate of drug-likeness (QED) is 0.611. The smallest absolute Gasteiger partial charge is 0.226 e. The number of ether oxygens (including phenoxy) is 1. The molecule has 2 aromatic rings. The number of morpholine rings is 1. The Morgan fingerprint density at radius 2 is 2.00 bits per heavy atom. The summed E-state index contributed by atoms with van der Waals surface area (Å²) >= 11 is 0. The molecule has 1 aromatic heterocycles. The maximum absolute atomic E-state index is 13.1. The Bertz CT molecular complexity index is 744. The Labute approximate surface area is 173 Å². The summed E-state index contributed by atoms with van der Waals surface area (Å²) < 4.78 is 10.7. The molecule has 2 heterocycles. The van der Waals surface area contributed by atoms with Crippen LogP contribution in [-0.2, 0) is 28.9 Å². The van der Waals surface area contributed by atoms with Crippen molar-refractivity contribution in [3.8, 4) is 0 Å². The summed E-state index contributed by atoms with van der Waals surface area (Å²) in [5, 5.41) is 3.92. The minimum absolute atomic E-state index is 0.135. The average Bonchev–Trinajstić information content (AvgIpc) is 3.21. The van der Waals surface area contributed by atoms with Crippen molar-refractivity contribution in [2.45, 2.75) is 52.1 Å². The van der Waals surface area contributed by atoms with E-state index in [2.05, 4.69) is 34.1 Å². The zero-order valence-electron chi connectivity index (χ0n) is 17.5. The van der Waals surface area contributed by atoms with Crippen LogP contribution >= 0.6 is 0 Å². The lowest BCUT2D eigenvalue weighted by molar-refractivity contribution is -0.134. The van der Waals surface area contributed by atoms with Crippen molar-refractivity contribution in [3.05, 3.63) is 47.6 Å². The van der Waals surface area contributed by atoms with Gasteiger partial charge in [-0.2, -0.15) is 4.98 Å². The molecule has 1 aromatic carbocycles. The number of hydrogen-bond donors (Lipinski definition) is 0. The van der Waals surface area contributed by atoms with E-state index in [0.717, 1.165) is 50.7 Å². The van der Waals surface area contributed by atoms with Gasteiger partial charge in [-0.15, -0.1) is 0 Å². The summed E-state index contributed by atoms with van der Waals surface area (Å²) in [6.45, 7) is 9.02. The molecule has 1 saturated heterocycles. The molecule has 158 valence electrons. The van der Waals surface area contributed by atoms with Gasteiger partial charge in [0.1, 0.15) is 0 Å². The molecule has 7 heteroatoms. The maximum atomic E-state index is 13.1. The molecule has 3 rings (SSSR count). The molecule has 1 atom stereocenters. The van der Waals surface area contributed by atoms with Crippen LogP contribution in [-0.4, -0.2) is 64.7 Å². The van der Waals surface area contributed by atoms with Gasteiger partial charge in [0.25, 0.3) is 0 Å². The van der Waals surface area contributed by atoms with Crippen LogP contribution in [0, 0.1) is 0 Å². The molecule has 1 fully saturated rings. The summed E-state index contributed by atoms with van der Waals surface area (Å²) in [6.07, 6.45) is 2.58. The number of nitrogens with zero attached hydrogens (tertiary/aromatic N) is 4. The van der Waals surface area contributed by atoms with Crippen LogP contribution in [0.3, 0.4) is 0 Å². The molecule has 0 saturated carbocycles. The predicted octanol–water partition coefficient (Wildman–Crippen LogP) is 2.70. The highest BCUT2D eigenvalue weighted by Gasteiger charge is 2.23. The largest absolute Gasteiger partial charge is 0.379 e. The third-order valence-corrected chi connectivity index (χ3v) is 5.28. The van der Waals surface area contributed by atoms with E-state index in [-0.39, 0.29) is 11.9 Å². The van der Waals surface area contributed by atoms with Crippen LogP contribution < -0.4 is 0 Å². The first kappa shape index (κ1) is 21.5. The van der Waals surface area contributed by atoms with E-state index in [0.29, 0.717) is 31.7 Å². The highest BCUT2D eigenvalue weighted by Crippen LogP contribution is 2.14. The lowest BCUT2D eigenvalue weighted by Crippen LogP contribution is -2.47. The standard InChI is InChI=1S/C22H32N4O3/c1-3-20-23-21(29-24-20)10-7-11-22(27)26(17-19-8-5-4-6-9-19)18(2)16-25-12-14-28-15-13-25/h4-6,8-9,18H,3,7,10-17H2,1-2H3. The molecule has 1 aliphatic rings. The minimum atomic E-state index is 0.135. The normalized spacial score (nSPS) is 15.9. The van der Waals surface area contributed by atoms with Crippen molar-refractivity contribution in [3.63, 3.8) is 0 Å². The van der Waals surface area contributed by atoms with E-state index in [1.165, 1.54) is 0 Å². The molecule has 0 bridgehead atoms. The topological polar surface area (TPSA) is 71.7 Å². The summed E-state index contributed by atoms with van der Waals surface area (Å²) in [5.41, 5.74) is 1.15. The fourth-order valence-corrected chi connectivity index (χ4v) is 3.60. The highest BCUT2D eigenvalue weighted by molar-refractivity contribution is 5.76. The van der Waals surface area contributed by atoms with Crippen molar-refractivity contribution < 1.29 is 14.1 Å². The summed E-state index contributed by atoms with van der Waals surface area (Å²) in [4.78, 5) is 21.8. The van der Waals surface area contributed by atoms with Crippen molar-refractivity contribution in [2.75, 3.05) is 32.8 Å².